The van der Waals surface area contributed by atoms with Gasteiger partial charge in [-0.15, -0.1) is 0 Å². The molecule has 152 valence electrons. The van der Waals surface area contributed by atoms with Gasteiger partial charge in [0, 0.05) is 51.3 Å². The fraction of sp³-hybridized carbons (Fsp3) is 0.333. The second-order valence-electron chi connectivity index (χ2n) is 7.37. The van der Waals surface area contributed by atoms with Crippen LogP contribution in [0.4, 0.5) is 0 Å². The first-order valence-electron chi connectivity index (χ1n) is 10.2. The SMILES string of the molecule is Cc1cccc(C(=O)NCCC(=O)N2CCN(C/C=C/c3ccccc3)CC2)c1. The molecule has 2 aromatic carbocycles. The average Bonchev–Trinajstić information content (AvgIpc) is 2.75. The van der Waals surface area contributed by atoms with Crippen LogP contribution in [0, 0.1) is 6.92 Å². The smallest absolute Gasteiger partial charge is 0.251 e. The molecule has 0 bridgehead atoms. The number of hydrogen-bond acceptors (Lipinski definition) is 3. The number of piperazine rings is 1. The molecule has 3 rings (SSSR count). The van der Waals surface area contributed by atoms with Crippen molar-refractivity contribution < 1.29 is 9.59 Å². The topological polar surface area (TPSA) is 52.7 Å². The van der Waals surface area contributed by atoms with Gasteiger partial charge >= 0.3 is 0 Å². The van der Waals surface area contributed by atoms with E-state index in [-0.39, 0.29) is 11.8 Å². The minimum absolute atomic E-state index is 0.106. The zero-order chi connectivity index (χ0) is 20.5. The predicted octanol–water partition coefficient (Wildman–Crippen LogP) is 2.97. The average molecular weight is 392 g/mol. The summed E-state index contributed by atoms with van der Waals surface area (Å²) in [5.74, 6) is -0.0226. The lowest BCUT2D eigenvalue weighted by Gasteiger charge is -2.34. The monoisotopic (exact) mass is 391 g/mol. The fourth-order valence-electron chi connectivity index (χ4n) is 3.41. The molecule has 1 fully saturated rings. The van der Waals surface area contributed by atoms with E-state index in [4.69, 9.17) is 0 Å². The Morgan fingerprint density at radius 2 is 1.76 bits per heavy atom. The van der Waals surface area contributed by atoms with Crippen LogP contribution < -0.4 is 5.32 Å². The molecule has 0 unspecified atom stereocenters. The van der Waals surface area contributed by atoms with Crippen LogP contribution in [-0.4, -0.2) is 60.9 Å². The summed E-state index contributed by atoms with van der Waals surface area (Å²) in [5.41, 5.74) is 2.88. The van der Waals surface area contributed by atoms with Crippen molar-refractivity contribution in [3.63, 3.8) is 0 Å². The van der Waals surface area contributed by atoms with E-state index in [2.05, 4.69) is 34.5 Å². The number of nitrogens with one attached hydrogen (secondary N) is 1. The van der Waals surface area contributed by atoms with Crippen LogP contribution in [0.3, 0.4) is 0 Å². The second kappa shape index (κ2) is 10.6. The highest BCUT2D eigenvalue weighted by Gasteiger charge is 2.20. The first-order chi connectivity index (χ1) is 14.1. The molecule has 1 saturated heterocycles. The molecule has 5 heteroatoms. The number of carbonyl (C=O) groups excluding carboxylic acids is 2. The Balaban J connectivity index is 1.34. The van der Waals surface area contributed by atoms with Crippen LogP contribution in [0.2, 0.25) is 0 Å². The molecule has 2 amide bonds. The summed E-state index contributed by atoms with van der Waals surface area (Å²) in [6.45, 7) is 6.45. The second-order valence-corrected chi connectivity index (χ2v) is 7.37. The van der Waals surface area contributed by atoms with Crippen LogP contribution in [-0.2, 0) is 4.79 Å². The molecular weight excluding hydrogens is 362 g/mol. The summed E-state index contributed by atoms with van der Waals surface area (Å²) in [6, 6.07) is 17.7. The molecule has 2 aromatic rings. The van der Waals surface area contributed by atoms with Gasteiger partial charge in [-0.2, -0.15) is 0 Å². The molecule has 0 saturated carbocycles. The molecule has 1 aliphatic rings. The molecule has 1 aliphatic heterocycles. The highest BCUT2D eigenvalue weighted by Crippen LogP contribution is 2.07. The lowest BCUT2D eigenvalue weighted by Crippen LogP contribution is -2.49. The Morgan fingerprint density at radius 3 is 2.48 bits per heavy atom. The fourth-order valence-corrected chi connectivity index (χ4v) is 3.41. The van der Waals surface area contributed by atoms with Gasteiger partial charge < -0.3 is 10.2 Å². The van der Waals surface area contributed by atoms with Gasteiger partial charge in [-0.1, -0.05) is 60.2 Å². The van der Waals surface area contributed by atoms with Crippen molar-refractivity contribution in [1.82, 2.24) is 15.1 Å². The third kappa shape index (κ3) is 6.57. The Bertz CT molecular complexity index is 840. The van der Waals surface area contributed by atoms with Gasteiger partial charge in [-0.3, -0.25) is 14.5 Å². The molecule has 1 N–H and O–H groups in total. The van der Waals surface area contributed by atoms with Crippen molar-refractivity contribution in [1.29, 1.82) is 0 Å². The third-order valence-electron chi connectivity index (χ3n) is 5.10. The summed E-state index contributed by atoms with van der Waals surface area (Å²) in [7, 11) is 0. The van der Waals surface area contributed by atoms with Crippen molar-refractivity contribution >= 4 is 17.9 Å². The molecule has 29 heavy (non-hydrogen) atoms. The quantitative estimate of drug-likeness (QED) is 0.790. The van der Waals surface area contributed by atoms with Crippen LogP contribution in [0.15, 0.2) is 60.7 Å². The maximum atomic E-state index is 12.4. The van der Waals surface area contributed by atoms with Gasteiger partial charge in [0.2, 0.25) is 5.91 Å². The summed E-state index contributed by atoms with van der Waals surface area (Å²) < 4.78 is 0. The first-order valence-corrected chi connectivity index (χ1v) is 10.2. The normalized spacial score (nSPS) is 14.9. The van der Waals surface area contributed by atoms with E-state index in [1.807, 2.05) is 48.2 Å². The van der Waals surface area contributed by atoms with E-state index < -0.39 is 0 Å². The van der Waals surface area contributed by atoms with Crippen molar-refractivity contribution in [2.45, 2.75) is 13.3 Å². The summed E-state index contributed by atoms with van der Waals surface area (Å²) in [4.78, 5) is 28.8. The molecule has 0 radical (unpaired) electrons. The van der Waals surface area contributed by atoms with Crippen molar-refractivity contribution in [3.05, 3.63) is 77.4 Å². The minimum Gasteiger partial charge on any atom is -0.352 e. The van der Waals surface area contributed by atoms with Crippen molar-refractivity contribution in [2.75, 3.05) is 39.3 Å². The van der Waals surface area contributed by atoms with Crippen molar-refractivity contribution in [2.24, 2.45) is 0 Å². The van der Waals surface area contributed by atoms with Crippen LogP contribution in [0.25, 0.3) is 6.08 Å². The number of amides is 2. The van der Waals surface area contributed by atoms with E-state index in [9.17, 15) is 9.59 Å². The van der Waals surface area contributed by atoms with Gasteiger partial charge in [0.1, 0.15) is 0 Å². The zero-order valence-electron chi connectivity index (χ0n) is 17.0. The van der Waals surface area contributed by atoms with Gasteiger partial charge in [-0.05, 0) is 24.6 Å². The van der Waals surface area contributed by atoms with Crippen LogP contribution >= 0.6 is 0 Å². The van der Waals surface area contributed by atoms with Gasteiger partial charge in [0.05, 0.1) is 0 Å². The van der Waals surface area contributed by atoms with Gasteiger partial charge in [0.15, 0.2) is 0 Å². The zero-order valence-corrected chi connectivity index (χ0v) is 17.0. The molecule has 0 aromatic heterocycles. The van der Waals surface area contributed by atoms with E-state index in [1.54, 1.807) is 6.07 Å². The summed E-state index contributed by atoms with van der Waals surface area (Å²) >= 11 is 0. The Morgan fingerprint density at radius 1 is 1.00 bits per heavy atom. The van der Waals surface area contributed by atoms with Gasteiger partial charge in [0.25, 0.3) is 5.91 Å². The largest absolute Gasteiger partial charge is 0.352 e. The Hall–Kier alpha value is -2.92. The number of hydrogen-bond donors (Lipinski definition) is 1. The molecule has 0 atom stereocenters. The van der Waals surface area contributed by atoms with Gasteiger partial charge in [-0.25, -0.2) is 0 Å². The molecule has 0 aliphatic carbocycles. The number of benzene rings is 2. The van der Waals surface area contributed by atoms with Crippen molar-refractivity contribution in [3.8, 4) is 0 Å². The molecule has 1 heterocycles. The summed E-state index contributed by atoms with van der Waals surface area (Å²) in [6.07, 6.45) is 4.65. The molecule has 0 spiro atoms. The number of rotatable bonds is 7. The molecule has 5 nitrogen and oxygen atoms in total. The maximum absolute atomic E-state index is 12.4. The Kier molecular flexibility index (Phi) is 7.59. The predicted molar refractivity (Wildman–Crippen MR) is 117 cm³/mol. The lowest BCUT2D eigenvalue weighted by molar-refractivity contribution is -0.132. The minimum atomic E-state index is -0.128. The first kappa shape index (κ1) is 20.8. The van der Waals surface area contributed by atoms with E-state index >= 15 is 0 Å². The highest BCUT2D eigenvalue weighted by molar-refractivity contribution is 5.94. The highest BCUT2D eigenvalue weighted by atomic mass is 16.2. The number of carbonyl (C=O) groups is 2. The maximum Gasteiger partial charge on any atom is 0.251 e. The number of nitrogens with zero attached hydrogens (tertiary/aromatic N) is 2. The van der Waals surface area contributed by atoms with Crippen LogP contribution in [0.1, 0.15) is 27.9 Å². The standard InChI is InChI=1S/C24H29N3O2/c1-20-7-5-11-22(19-20)24(29)25-13-12-23(28)27-17-15-26(16-18-27)14-6-10-21-8-3-2-4-9-21/h2-11,19H,12-18H2,1H3,(H,25,29)/b10-6+. The van der Waals surface area contributed by atoms with Crippen LogP contribution in [0.5, 0.6) is 0 Å². The summed E-state index contributed by atoms with van der Waals surface area (Å²) in [5, 5.41) is 2.84. The van der Waals surface area contributed by atoms with E-state index in [1.165, 1.54) is 5.56 Å². The Labute approximate surface area is 173 Å². The van der Waals surface area contributed by atoms with E-state index in [0.29, 0.717) is 18.5 Å². The lowest BCUT2D eigenvalue weighted by atomic mass is 10.1. The van der Waals surface area contributed by atoms with E-state index in [0.717, 1.165) is 38.3 Å². The number of aryl methyl sites for hydroxylation is 1. The third-order valence-corrected chi connectivity index (χ3v) is 5.10. The molecular formula is C24H29N3O2.